The lowest BCUT2D eigenvalue weighted by Crippen LogP contribution is -2.03. The number of hydrogen-bond donors (Lipinski definition) is 2. The highest BCUT2D eigenvalue weighted by Gasteiger charge is 2.16. The Hall–Kier alpha value is -3.17. The Labute approximate surface area is 164 Å². The van der Waals surface area contributed by atoms with Crippen LogP contribution in [0.3, 0.4) is 0 Å². The van der Waals surface area contributed by atoms with Crippen LogP contribution in [0, 0.1) is 24.4 Å². The lowest BCUT2D eigenvalue weighted by atomic mass is 10.0. The molecule has 9 heteroatoms. The lowest BCUT2D eigenvalue weighted by molar-refractivity contribution is 0.292. The summed E-state index contributed by atoms with van der Waals surface area (Å²) in [6.45, 7) is 1.14. The van der Waals surface area contributed by atoms with E-state index in [0.29, 0.717) is 5.75 Å². The van der Waals surface area contributed by atoms with Gasteiger partial charge in [-0.05, 0) is 55.0 Å². The number of aryl methyl sites for hydroxylation is 1. The number of phenols is 1. The number of nitrogens with zero attached hydrogens (tertiary/aromatic N) is 1. The number of aliphatic hydroxyl groups excluding tert-OH is 1. The first-order valence-corrected chi connectivity index (χ1v) is 7.91. The normalized spacial score (nSPS) is 9.45. The topological polar surface area (TPSA) is 94.1 Å². The van der Waals surface area contributed by atoms with Crippen LogP contribution in [0.1, 0.15) is 11.3 Å². The summed E-state index contributed by atoms with van der Waals surface area (Å²) in [7, 11) is 1.00. The second kappa shape index (κ2) is 11.6. The number of aromatic hydroxyl groups is 1. The van der Waals surface area contributed by atoms with Gasteiger partial charge in [-0.15, -0.1) is 0 Å². The average Bonchev–Trinajstić information content (AvgIpc) is 2.66. The SMILES string of the molecule is CO.Cc1nccc(-c2cc(F)c(COc3ccc(O)cc3)c(F)c2)c1F.F.O. The third-order valence-electron chi connectivity index (χ3n) is 3.74. The number of aliphatic hydroxyl groups is 1. The van der Waals surface area contributed by atoms with Crippen molar-refractivity contribution in [1.29, 1.82) is 0 Å². The molecule has 2 aromatic carbocycles. The van der Waals surface area contributed by atoms with E-state index in [1.165, 1.54) is 43.5 Å². The molecule has 0 saturated heterocycles. The second-order valence-electron chi connectivity index (χ2n) is 5.46. The van der Waals surface area contributed by atoms with Gasteiger partial charge in [0.1, 0.15) is 29.7 Å². The van der Waals surface area contributed by atoms with Gasteiger partial charge in [-0.3, -0.25) is 9.69 Å². The molecule has 0 spiro atoms. The van der Waals surface area contributed by atoms with Crippen molar-refractivity contribution in [3.63, 3.8) is 0 Å². The molecule has 0 aliphatic rings. The van der Waals surface area contributed by atoms with Crippen molar-refractivity contribution < 1.29 is 38.3 Å². The molecular weight excluding hydrogens is 394 g/mol. The molecule has 0 aliphatic heterocycles. The molecule has 0 aliphatic carbocycles. The summed E-state index contributed by atoms with van der Waals surface area (Å²) in [5.74, 6) is -1.86. The van der Waals surface area contributed by atoms with Gasteiger partial charge in [0.2, 0.25) is 0 Å². The van der Waals surface area contributed by atoms with Crippen molar-refractivity contribution in [2.45, 2.75) is 13.5 Å². The van der Waals surface area contributed by atoms with E-state index in [2.05, 4.69) is 4.98 Å². The summed E-state index contributed by atoms with van der Waals surface area (Å²) in [4.78, 5) is 3.80. The van der Waals surface area contributed by atoms with Crippen molar-refractivity contribution in [1.82, 2.24) is 4.98 Å². The monoisotopic (exact) mass is 415 g/mol. The molecule has 0 unspecified atom stereocenters. The standard InChI is InChI=1S/C19H14F3NO2.CH4O.FH.H2O/c1-11-19(22)15(6-7-23-11)12-8-17(20)16(18(21)9-12)10-25-14-4-2-13(24)3-5-14;1-2;;/h2-9,24H,10H2,1H3;2H,1H3;1H;1H2. The van der Waals surface area contributed by atoms with Crippen molar-refractivity contribution in [2.75, 3.05) is 7.11 Å². The minimum Gasteiger partial charge on any atom is -0.508 e. The fourth-order valence-corrected chi connectivity index (χ4v) is 2.37. The predicted molar refractivity (Wildman–Crippen MR) is 101 cm³/mol. The third-order valence-corrected chi connectivity index (χ3v) is 3.74. The first kappa shape index (κ1) is 25.8. The zero-order chi connectivity index (χ0) is 20.0. The zero-order valence-electron chi connectivity index (χ0n) is 15.6. The molecule has 0 atom stereocenters. The van der Waals surface area contributed by atoms with E-state index in [1.807, 2.05) is 0 Å². The van der Waals surface area contributed by atoms with E-state index in [-0.39, 0.29) is 44.9 Å². The van der Waals surface area contributed by atoms with Gasteiger partial charge in [0.05, 0.1) is 11.3 Å². The Bertz CT molecular complexity index is 898. The van der Waals surface area contributed by atoms with E-state index >= 15 is 0 Å². The largest absolute Gasteiger partial charge is 0.508 e. The highest BCUT2D eigenvalue weighted by molar-refractivity contribution is 5.65. The first-order chi connectivity index (χ1) is 13.0. The van der Waals surface area contributed by atoms with Crippen molar-refractivity contribution in [3.05, 3.63) is 77.4 Å². The molecule has 158 valence electrons. The smallest absolute Gasteiger partial charge is 0.152 e. The van der Waals surface area contributed by atoms with Crippen LogP contribution in [0.4, 0.5) is 17.9 Å². The highest BCUT2D eigenvalue weighted by Crippen LogP contribution is 2.28. The number of phenolic OH excluding ortho intramolecular Hbond substituents is 1. The molecule has 0 saturated carbocycles. The Morgan fingerprint density at radius 2 is 1.52 bits per heavy atom. The van der Waals surface area contributed by atoms with Crippen LogP contribution in [-0.2, 0) is 6.61 Å². The van der Waals surface area contributed by atoms with E-state index in [0.717, 1.165) is 19.2 Å². The molecule has 1 heterocycles. The summed E-state index contributed by atoms with van der Waals surface area (Å²) in [5, 5.41) is 16.2. The number of rotatable bonds is 4. The number of benzene rings is 2. The summed E-state index contributed by atoms with van der Waals surface area (Å²) >= 11 is 0. The maximum absolute atomic E-state index is 14.3. The van der Waals surface area contributed by atoms with Crippen molar-refractivity contribution in [3.8, 4) is 22.6 Å². The van der Waals surface area contributed by atoms with E-state index in [4.69, 9.17) is 9.84 Å². The number of pyridine rings is 1. The van der Waals surface area contributed by atoms with Crippen molar-refractivity contribution >= 4 is 0 Å². The Morgan fingerprint density at radius 1 is 0.966 bits per heavy atom. The van der Waals surface area contributed by atoms with Crippen LogP contribution in [-0.4, -0.2) is 27.8 Å². The molecule has 3 rings (SSSR count). The Balaban J connectivity index is 0.00000190. The van der Waals surface area contributed by atoms with Crippen LogP contribution in [0.15, 0.2) is 48.7 Å². The Kier molecular flexibility index (Phi) is 10.4. The van der Waals surface area contributed by atoms with Crippen LogP contribution in [0.5, 0.6) is 11.5 Å². The highest BCUT2D eigenvalue weighted by atomic mass is 19.1. The summed E-state index contributed by atoms with van der Waals surface area (Å²) in [6, 6.07) is 9.26. The fourth-order valence-electron chi connectivity index (χ4n) is 2.37. The molecule has 1 aromatic heterocycles. The van der Waals surface area contributed by atoms with E-state index < -0.39 is 17.5 Å². The van der Waals surface area contributed by atoms with Crippen LogP contribution < -0.4 is 4.74 Å². The van der Waals surface area contributed by atoms with E-state index in [9.17, 15) is 18.3 Å². The summed E-state index contributed by atoms with van der Waals surface area (Å²) in [5.41, 5.74) is 0.0590. The minimum atomic E-state index is -0.831. The van der Waals surface area contributed by atoms with Gasteiger partial charge >= 0.3 is 0 Å². The van der Waals surface area contributed by atoms with Gasteiger partial charge in [0, 0.05) is 18.9 Å². The van der Waals surface area contributed by atoms with Crippen LogP contribution in [0.25, 0.3) is 11.1 Å². The first-order valence-electron chi connectivity index (χ1n) is 7.91. The van der Waals surface area contributed by atoms with Gasteiger partial charge in [-0.25, -0.2) is 13.2 Å². The summed E-state index contributed by atoms with van der Waals surface area (Å²) in [6.07, 6.45) is 1.38. The van der Waals surface area contributed by atoms with Gasteiger partial charge in [-0.2, -0.15) is 0 Å². The van der Waals surface area contributed by atoms with Gasteiger partial charge in [0.15, 0.2) is 5.82 Å². The second-order valence-corrected chi connectivity index (χ2v) is 5.46. The third kappa shape index (κ3) is 6.16. The Morgan fingerprint density at radius 3 is 2.07 bits per heavy atom. The maximum Gasteiger partial charge on any atom is 0.152 e. The quantitative estimate of drug-likeness (QED) is 0.636. The number of halogens is 4. The molecule has 0 amide bonds. The molecule has 4 N–H and O–H groups in total. The molecule has 5 nitrogen and oxygen atoms in total. The molecule has 29 heavy (non-hydrogen) atoms. The van der Waals surface area contributed by atoms with Gasteiger partial charge < -0.3 is 20.4 Å². The fraction of sp³-hybridized carbons (Fsp3) is 0.150. The lowest BCUT2D eigenvalue weighted by Gasteiger charge is -2.11. The number of ether oxygens (including phenoxy) is 1. The molecule has 0 bridgehead atoms. The van der Waals surface area contributed by atoms with E-state index in [1.54, 1.807) is 0 Å². The maximum atomic E-state index is 14.3. The van der Waals surface area contributed by atoms with Crippen LogP contribution >= 0.6 is 0 Å². The molecule has 0 fully saturated rings. The van der Waals surface area contributed by atoms with Crippen LogP contribution in [0.2, 0.25) is 0 Å². The molecule has 0 radical (unpaired) electrons. The minimum absolute atomic E-state index is 0. The van der Waals surface area contributed by atoms with Gasteiger partial charge in [-0.1, -0.05) is 0 Å². The van der Waals surface area contributed by atoms with Gasteiger partial charge in [0.25, 0.3) is 0 Å². The van der Waals surface area contributed by atoms with Crippen molar-refractivity contribution in [2.24, 2.45) is 0 Å². The number of hydrogen-bond acceptors (Lipinski definition) is 4. The summed E-state index contributed by atoms with van der Waals surface area (Å²) < 4.78 is 48.0. The molecule has 3 aromatic rings. The average molecular weight is 415 g/mol. The zero-order valence-corrected chi connectivity index (χ0v) is 15.6. The number of aromatic nitrogens is 1. The predicted octanol–water partition coefficient (Wildman–Crippen LogP) is 3.70. The molecular formula is C20H21F4NO4.